The molecule has 0 spiro atoms. The van der Waals surface area contributed by atoms with Gasteiger partial charge >= 0.3 is 5.97 Å². The van der Waals surface area contributed by atoms with Gasteiger partial charge in [-0.2, -0.15) is 9.79 Å². The van der Waals surface area contributed by atoms with E-state index >= 15 is 0 Å². The Bertz CT molecular complexity index is 469. The molecule has 22 heavy (non-hydrogen) atoms. The first-order chi connectivity index (χ1) is 10.6. The quantitative estimate of drug-likeness (QED) is 0.298. The summed E-state index contributed by atoms with van der Waals surface area (Å²) in [5.41, 5.74) is 10.5. The lowest BCUT2D eigenvalue weighted by atomic mass is 10.1. The number of hydrogen-bond acceptors (Lipinski definition) is 5. The number of carbonyl (C=O) groups is 1. The van der Waals surface area contributed by atoms with E-state index in [0.717, 1.165) is 44.9 Å². The minimum absolute atomic E-state index is 0.0806. The highest BCUT2D eigenvalue weighted by molar-refractivity contribution is 5.77. The van der Waals surface area contributed by atoms with Gasteiger partial charge < -0.3 is 16.6 Å². The number of rotatable bonds is 12. The van der Waals surface area contributed by atoms with Gasteiger partial charge in [-0.1, -0.05) is 43.6 Å². The third-order valence-corrected chi connectivity index (χ3v) is 3.17. The van der Waals surface area contributed by atoms with E-state index in [1.807, 2.05) is 0 Å². The van der Waals surface area contributed by atoms with Crippen LogP contribution in [0.2, 0.25) is 0 Å². The second-order valence-electron chi connectivity index (χ2n) is 5.19. The Balaban J connectivity index is 1.96. The molecule has 1 aromatic heterocycles. The summed E-state index contributed by atoms with van der Waals surface area (Å²) >= 11 is 0. The number of tetrazole rings is 1. The average molecular weight is 311 g/mol. The topological polar surface area (TPSA) is 145 Å². The molecule has 9 heteroatoms. The summed E-state index contributed by atoms with van der Waals surface area (Å²) in [5, 5.41) is 20.1. The summed E-state index contributed by atoms with van der Waals surface area (Å²) in [6.07, 6.45) is 8.77. The summed E-state index contributed by atoms with van der Waals surface area (Å²) in [4.78, 5) is 15.5. The molecule has 124 valence electrons. The van der Waals surface area contributed by atoms with Gasteiger partial charge in [-0.25, -0.2) is 0 Å². The molecule has 1 heterocycles. The fourth-order valence-electron chi connectivity index (χ4n) is 2.08. The molecule has 0 saturated heterocycles. The third-order valence-electron chi connectivity index (χ3n) is 3.17. The maximum atomic E-state index is 10.3. The van der Waals surface area contributed by atoms with Gasteiger partial charge in [-0.3, -0.25) is 4.79 Å². The number of aromatic nitrogens is 4. The predicted octanol–water partition coefficient (Wildman–Crippen LogP) is 1.17. The van der Waals surface area contributed by atoms with E-state index < -0.39 is 5.97 Å². The van der Waals surface area contributed by atoms with Crippen LogP contribution in [0.1, 0.15) is 57.8 Å². The largest absolute Gasteiger partial charge is 0.481 e. The van der Waals surface area contributed by atoms with Crippen molar-refractivity contribution in [3.8, 4) is 0 Å². The molecule has 1 rings (SSSR count). The predicted molar refractivity (Wildman–Crippen MR) is 82.5 cm³/mol. The van der Waals surface area contributed by atoms with Gasteiger partial charge in [-0.15, -0.1) is 5.10 Å². The van der Waals surface area contributed by atoms with Crippen LogP contribution in [0.3, 0.4) is 0 Å². The molecule has 0 saturated carbocycles. The van der Waals surface area contributed by atoms with E-state index in [9.17, 15) is 4.79 Å². The normalized spacial score (nSPS) is 10.5. The Kier molecular flexibility index (Phi) is 8.54. The molecule has 0 radical (unpaired) electrons. The van der Waals surface area contributed by atoms with Crippen LogP contribution in [0, 0.1) is 0 Å². The lowest BCUT2D eigenvalue weighted by Gasteiger charge is -2.01. The Morgan fingerprint density at radius 2 is 1.64 bits per heavy atom. The molecule has 0 amide bonds. The van der Waals surface area contributed by atoms with Crippen LogP contribution in [-0.2, 0) is 11.3 Å². The van der Waals surface area contributed by atoms with E-state index in [-0.39, 0.29) is 18.3 Å². The Morgan fingerprint density at radius 1 is 1.05 bits per heavy atom. The molecule has 0 aliphatic heterocycles. The zero-order valence-corrected chi connectivity index (χ0v) is 12.8. The number of aryl methyl sites for hydroxylation is 1. The van der Waals surface area contributed by atoms with Gasteiger partial charge in [0.25, 0.3) is 5.95 Å². The maximum absolute atomic E-state index is 10.3. The van der Waals surface area contributed by atoms with Crippen LogP contribution < -0.4 is 11.5 Å². The zero-order chi connectivity index (χ0) is 16.2. The number of nitrogens with zero attached hydrogens (tertiary/aromatic N) is 5. The third kappa shape index (κ3) is 8.88. The summed E-state index contributed by atoms with van der Waals surface area (Å²) in [7, 11) is 0. The molecule has 0 fully saturated rings. The lowest BCUT2D eigenvalue weighted by molar-refractivity contribution is -0.137. The van der Waals surface area contributed by atoms with Crippen molar-refractivity contribution >= 4 is 17.9 Å². The number of aliphatic imine (C=N–C) groups is 1. The van der Waals surface area contributed by atoms with E-state index in [2.05, 4.69) is 20.4 Å². The molecule has 0 aliphatic rings. The lowest BCUT2D eigenvalue weighted by Crippen LogP contribution is -2.22. The molecule has 9 nitrogen and oxygen atoms in total. The Morgan fingerprint density at radius 3 is 2.23 bits per heavy atom. The number of carboxylic acids is 1. The van der Waals surface area contributed by atoms with E-state index in [0.29, 0.717) is 6.54 Å². The van der Waals surface area contributed by atoms with Gasteiger partial charge in [0.05, 0.1) is 6.54 Å². The number of nitrogens with two attached hydrogens (primary N) is 2. The van der Waals surface area contributed by atoms with Gasteiger partial charge in [0.1, 0.15) is 0 Å². The number of guanidine groups is 1. The summed E-state index contributed by atoms with van der Waals surface area (Å²) in [5.74, 6) is -0.603. The first kappa shape index (κ1) is 17.9. The summed E-state index contributed by atoms with van der Waals surface area (Å²) < 4.78 is 0. The van der Waals surface area contributed by atoms with Crippen molar-refractivity contribution in [2.75, 3.05) is 0 Å². The van der Waals surface area contributed by atoms with Crippen molar-refractivity contribution in [1.29, 1.82) is 0 Å². The van der Waals surface area contributed by atoms with Crippen molar-refractivity contribution in [1.82, 2.24) is 20.2 Å². The van der Waals surface area contributed by atoms with Crippen LogP contribution >= 0.6 is 0 Å². The molecule has 0 unspecified atom stereocenters. The molecule has 0 bridgehead atoms. The van der Waals surface area contributed by atoms with Crippen LogP contribution in [-0.4, -0.2) is 37.2 Å². The van der Waals surface area contributed by atoms with Crippen LogP contribution in [0.5, 0.6) is 0 Å². The van der Waals surface area contributed by atoms with Gasteiger partial charge in [0.2, 0.25) is 0 Å². The molecule has 0 aliphatic carbocycles. The van der Waals surface area contributed by atoms with E-state index in [1.165, 1.54) is 11.2 Å². The monoisotopic (exact) mass is 311 g/mol. The van der Waals surface area contributed by atoms with Crippen molar-refractivity contribution in [3.05, 3.63) is 0 Å². The smallest absolute Gasteiger partial charge is 0.303 e. The zero-order valence-electron chi connectivity index (χ0n) is 12.8. The fourth-order valence-corrected chi connectivity index (χ4v) is 2.08. The molecular weight excluding hydrogens is 286 g/mol. The van der Waals surface area contributed by atoms with E-state index in [1.54, 1.807) is 0 Å². The molecule has 0 aromatic carbocycles. The highest BCUT2D eigenvalue weighted by atomic mass is 16.4. The van der Waals surface area contributed by atoms with E-state index in [4.69, 9.17) is 16.6 Å². The number of hydrogen-bond donors (Lipinski definition) is 3. The first-order valence-electron chi connectivity index (χ1n) is 7.67. The standard InChI is InChI=1S/C13H25N7O2/c14-12(15)16-13-17-19-20(18-13)10-8-6-4-2-1-3-5-7-9-11(21)22/h1-10H2,(H,21,22)(H4,14,15,16,18). The Hall–Kier alpha value is -2.19. The molecule has 5 N–H and O–H groups in total. The van der Waals surface area contributed by atoms with Crippen molar-refractivity contribution in [2.24, 2.45) is 16.5 Å². The SMILES string of the molecule is NC(N)=Nc1nnn(CCCCCCCCCCC(=O)O)n1. The van der Waals surface area contributed by atoms with Gasteiger partial charge in [0, 0.05) is 6.42 Å². The number of carboxylic acid groups (broad SMARTS) is 1. The minimum Gasteiger partial charge on any atom is -0.481 e. The van der Waals surface area contributed by atoms with Crippen LogP contribution in [0.15, 0.2) is 4.99 Å². The van der Waals surface area contributed by atoms with Crippen LogP contribution in [0.25, 0.3) is 0 Å². The minimum atomic E-state index is -0.704. The molecule has 1 aromatic rings. The average Bonchev–Trinajstić information content (AvgIpc) is 2.87. The van der Waals surface area contributed by atoms with Crippen molar-refractivity contribution in [2.45, 2.75) is 64.3 Å². The van der Waals surface area contributed by atoms with Crippen molar-refractivity contribution < 1.29 is 9.90 Å². The summed E-state index contributed by atoms with van der Waals surface area (Å²) in [6, 6.07) is 0. The maximum Gasteiger partial charge on any atom is 0.303 e. The van der Waals surface area contributed by atoms with Crippen molar-refractivity contribution in [3.63, 3.8) is 0 Å². The van der Waals surface area contributed by atoms with Gasteiger partial charge in [0.15, 0.2) is 5.96 Å². The number of unbranched alkanes of at least 4 members (excludes halogenated alkanes) is 7. The second kappa shape index (κ2) is 10.5. The molecule has 0 atom stereocenters. The Labute approximate surface area is 129 Å². The second-order valence-corrected chi connectivity index (χ2v) is 5.19. The molecular formula is C13H25N7O2. The van der Waals surface area contributed by atoms with Gasteiger partial charge in [-0.05, 0) is 18.1 Å². The van der Waals surface area contributed by atoms with Crippen LogP contribution in [0.4, 0.5) is 5.95 Å². The highest BCUT2D eigenvalue weighted by Gasteiger charge is 2.01. The fraction of sp³-hybridized carbons (Fsp3) is 0.769. The first-order valence-corrected chi connectivity index (χ1v) is 7.67. The summed E-state index contributed by atoms with van der Waals surface area (Å²) in [6.45, 7) is 0.700. The number of aliphatic carboxylic acids is 1. The highest BCUT2D eigenvalue weighted by Crippen LogP contribution is 2.10.